The van der Waals surface area contributed by atoms with Gasteiger partial charge in [-0.25, -0.2) is 4.39 Å². The van der Waals surface area contributed by atoms with E-state index >= 15 is 0 Å². The van der Waals surface area contributed by atoms with Crippen LogP contribution in [0.15, 0.2) is 30.3 Å². The summed E-state index contributed by atoms with van der Waals surface area (Å²) >= 11 is 0. The van der Waals surface area contributed by atoms with Crippen molar-refractivity contribution in [1.29, 1.82) is 0 Å². The molecule has 2 N–H and O–H groups in total. The van der Waals surface area contributed by atoms with E-state index < -0.39 is 0 Å². The second-order valence-electron chi connectivity index (χ2n) is 4.76. The lowest BCUT2D eigenvalue weighted by Gasteiger charge is -2.18. The first-order valence-electron chi connectivity index (χ1n) is 6.30. The van der Waals surface area contributed by atoms with Crippen LogP contribution in [-0.4, -0.2) is 23.7 Å². The van der Waals surface area contributed by atoms with Crippen molar-refractivity contribution >= 4 is 11.5 Å². The number of aliphatic hydroxyl groups excluding tert-OH is 1. The molecule has 0 aliphatic carbocycles. The summed E-state index contributed by atoms with van der Waals surface area (Å²) in [7, 11) is 0. The molecule has 2 unspecified atom stereocenters. The highest BCUT2D eigenvalue weighted by molar-refractivity contribution is 5.95. The van der Waals surface area contributed by atoms with Gasteiger partial charge in [0, 0.05) is 24.3 Å². The number of allylic oxidation sites excluding steroid dienone is 1. The van der Waals surface area contributed by atoms with E-state index in [1.165, 1.54) is 12.1 Å². The Kier molecular flexibility index (Phi) is 5.70. The molecular formula is C15H20FNO2. The van der Waals surface area contributed by atoms with Gasteiger partial charge in [-0.2, -0.15) is 0 Å². The van der Waals surface area contributed by atoms with Gasteiger partial charge in [-0.05, 0) is 31.4 Å². The van der Waals surface area contributed by atoms with Crippen molar-refractivity contribution < 1.29 is 14.3 Å². The van der Waals surface area contributed by atoms with Gasteiger partial charge in [-0.15, -0.1) is 0 Å². The SMILES string of the molecule is C/C(=C/C(=O)NC(C)C(C)CO)c1ccccc1F. The van der Waals surface area contributed by atoms with Gasteiger partial charge in [-0.1, -0.05) is 25.1 Å². The number of hydrogen-bond acceptors (Lipinski definition) is 2. The number of carbonyl (C=O) groups is 1. The highest BCUT2D eigenvalue weighted by atomic mass is 19.1. The molecule has 0 fully saturated rings. The summed E-state index contributed by atoms with van der Waals surface area (Å²) in [6.45, 7) is 5.37. The molecule has 0 spiro atoms. The summed E-state index contributed by atoms with van der Waals surface area (Å²) in [5.74, 6) is -0.652. The van der Waals surface area contributed by atoms with Crippen LogP contribution in [0, 0.1) is 11.7 Å². The van der Waals surface area contributed by atoms with Crippen LogP contribution in [0.25, 0.3) is 5.57 Å². The lowest BCUT2D eigenvalue weighted by molar-refractivity contribution is -0.117. The maximum absolute atomic E-state index is 13.5. The van der Waals surface area contributed by atoms with E-state index in [1.807, 2.05) is 13.8 Å². The van der Waals surface area contributed by atoms with Crippen LogP contribution in [0.4, 0.5) is 4.39 Å². The molecule has 0 heterocycles. The molecular weight excluding hydrogens is 245 g/mol. The number of hydrogen-bond donors (Lipinski definition) is 2. The molecule has 0 aliphatic heterocycles. The molecule has 1 aromatic rings. The van der Waals surface area contributed by atoms with Crippen molar-refractivity contribution in [3.8, 4) is 0 Å². The monoisotopic (exact) mass is 265 g/mol. The van der Waals surface area contributed by atoms with E-state index in [4.69, 9.17) is 5.11 Å². The molecule has 104 valence electrons. The predicted octanol–water partition coefficient (Wildman–Crippen LogP) is 2.36. The molecule has 0 aliphatic rings. The minimum absolute atomic E-state index is 0.0114. The predicted molar refractivity (Wildman–Crippen MR) is 73.9 cm³/mol. The maximum atomic E-state index is 13.5. The van der Waals surface area contributed by atoms with Crippen molar-refractivity contribution in [3.63, 3.8) is 0 Å². The molecule has 2 atom stereocenters. The summed E-state index contributed by atoms with van der Waals surface area (Å²) < 4.78 is 13.5. The number of rotatable bonds is 5. The van der Waals surface area contributed by atoms with Crippen LogP contribution in [0.5, 0.6) is 0 Å². The number of halogens is 1. The Hall–Kier alpha value is -1.68. The molecule has 1 amide bonds. The topological polar surface area (TPSA) is 49.3 Å². The Morgan fingerprint density at radius 3 is 2.63 bits per heavy atom. The van der Waals surface area contributed by atoms with Crippen LogP contribution in [0.2, 0.25) is 0 Å². The fourth-order valence-electron chi connectivity index (χ4n) is 1.62. The lowest BCUT2D eigenvalue weighted by atomic mass is 10.0. The van der Waals surface area contributed by atoms with E-state index in [2.05, 4.69) is 5.32 Å². The Labute approximate surface area is 113 Å². The quantitative estimate of drug-likeness (QED) is 0.803. The standard InChI is InChI=1S/C15H20FNO2/c1-10(13-6-4-5-7-14(13)16)8-15(19)17-12(3)11(2)9-18/h4-8,11-12,18H,9H2,1-3H3,(H,17,19)/b10-8-. The zero-order valence-corrected chi connectivity index (χ0v) is 11.5. The number of nitrogens with one attached hydrogen (secondary N) is 1. The average molecular weight is 265 g/mol. The molecule has 0 bridgehead atoms. The Bertz CT molecular complexity index is 471. The minimum Gasteiger partial charge on any atom is -0.396 e. The van der Waals surface area contributed by atoms with Crippen LogP contribution in [-0.2, 0) is 4.79 Å². The normalized spacial score (nSPS) is 14.9. The summed E-state index contributed by atoms with van der Waals surface area (Å²) in [6, 6.07) is 6.19. The third kappa shape index (κ3) is 4.48. The van der Waals surface area contributed by atoms with E-state index in [-0.39, 0.29) is 30.3 Å². The van der Waals surface area contributed by atoms with Crippen LogP contribution in [0.1, 0.15) is 26.3 Å². The van der Waals surface area contributed by atoms with Crippen LogP contribution < -0.4 is 5.32 Å². The van der Waals surface area contributed by atoms with E-state index in [0.717, 1.165) is 0 Å². The number of carbonyl (C=O) groups excluding carboxylic acids is 1. The zero-order valence-electron chi connectivity index (χ0n) is 11.5. The Balaban J connectivity index is 2.74. The van der Waals surface area contributed by atoms with Gasteiger partial charge in [0.2, 0.25) is 5.91 Å². The summed E-state index contributed by atoms with van der Waals surface area (Å²) in [4.78, 5) is 11.8. The number of amides is 1. The maximum Gasteiger partial charge on any atom is 0.244 e. The van der Waals surface area contributed by atoms with Crippen molar-refractivity contribution in [3.05, 3.63) is 41.7 Å². The molecule has 0 saturated heterocycles. The van der Waals surface area contributed by atoms with Gasteiger partial charge in [-0.3, -0.25) is 4.79 Å². The number of benzene rings is 1. The average Bonchev–Trinajstić information content (AvgIpc) is 2.37. The third-order valence-electron chi connectivity index (χ3n) is 3.16. The summed E-state index contributed by atoms with van der Waals surface area (Å²) in [5.41, 5.74) is 0.986. The van der Waals surface area contributed by atoms with Crippen molar-refractivity contribution in [2.75, 3.05) is 6.61 Å². The smallest absolute Gasteiger partial charge is 0.244 e. The summed E-state index contributed by atoms with van der Waals surface area (Å²) in [5, 5.41) is 11.8. The fraction of sp³-hybridized carbons (Fsp3) is 0.400. The van der Waals surface area contributed by atoms with E-state index in [0.29, 0.717) is 11.1 Å². The van der Waals surface area contributed by atoms with Gasteiger partial charge >= 0.3 is 0 Å². The Morgan fingerprint density at radius 2 is 2.05 bits per heavy atom. The highest BCUT2D eigenvalue weighted by Crippen LogP contribution is 2.17. The largest absolute Gasteiger partial charge is 0.396 e. The molecule has 1 rings (SSSR count). The van der Waals surface area contributed by atoms with Gasteiger partial charge in [0.1, 0.15) is 5.82 Å². The van der Waals surface area contributed by atoms with E-state index in [1.54, 1.807) is 25.1 Å². The van der Waals surface area contributed by atoms with E-state index in [9.17, 15) is 9.18 Å². The van der Waals surface area contributed by atoms with Crippen molar-refractivity contribution in [2.45, 2.75) is 26.8 Å². The molecule has 1 aromatic carbocycles. The molecule has 3 nitrogen and oxygen atoms in total. The van der Waals surface area contributed by atoms with Gasteiger partial charge < -0.3 is 10.4 Å². The molecule has 0 saturated carbocycles. The van der Waals surface area contributed by atoms with Crippen LogP contribution in [0.3, 0.4) is 0 Å². The fourth-order valence-corrected chi connectivity index (χ4v) is 1.62. The van der Waals surface area contributed by atoms with Gasteiger partial charge in [0.25, 0.3) is 0 Å². The second-order valence-corrected chi connectivity index (χ2v) is 4.76. The molecule has 0 aromatic heterocycles. The minimum atomic E-state index is -0.346. The van der Waals surface area contributed by atoms with Gasteiger partial charge in [0.15, 0.2) is 0 Å². The molecule has 4 heteroatoms. The van der Waals surface area contributed by atoms with Crippen molar-refractivity contribution in [2.24, 2.45) is 5.92 Å². The van der Waals surface area contributed by atoms with Gasteiger partial charge in [0.05, 0.1) is 0 Å². The lowest BCUT2D eigenvalue weighted by Crippen LogP contribution is -2.37. The van der Waals surface area contributed by atoms with Crippen molar-refractivity contribution in [1.82, 2.24) is 5.32 Å². The number of aliphatic hydroxyl groups is 1. The first-order chi connectivity index (χ1) is 8.95. The third-order valence-corrected chi connectivity index (χ3v) is 3.16. The zero-order chi connectivity index (χ0) is 14.4. The molecule has 0 radical (unpaired) electrons. The van der Waals surface area contributed by atoms with Crippen LogP contribution >= 0.6 is 0 Å². The first kappa shape index (κ1) is 15.4. The highest BCUT2D eigenvalue weighted by Gasteiger charge is 2.13. The Morgan fingerprint density at radius 1 is 1.42 bits per heavy atom. The molecule has 19 heavy (non-hydrogen) atoms. The first-order valence-corrected chi connectivity index (χ1v) is 6.30. The summed E-state index contributed by atoms with van der Waals surface area (Å²) in [6.07, 6.45) is 1.37. The second kappa shape index (κ2) is 7.04.